The highest BCUT2D eigenvalue weighted by Gasteiger charge is 2.34. The van der Waals surface area contributed by atoms with Crippen LogP contribution in [0.15, 0.2) is 6.20 Å². The zero-order valence-corrected chi connectivity index (χ0v) is 10.6. The van der Waals surface area contributed by atoms with Crippen molar-refractivity contribution in [2.45, 2.75) is 32.7 Å². The molecule has 94 valence electrons. The van der Waals surface area contributed by atoms with Crippen molar-refractivity contribution in [1.29, 1.82) is 5.26 Å². The van der Waals surface area contributed by atoms with E-state index in [2.05, 4.69) is 5.10 Å². The van der Waals surface area contributed by atoms with Crippen LogP contribution in [0.1, 0.15) is 32.8 Å². The van der Waals surface area contributed by atoms with E-state index in [9.17, 15) is 9.59 Å². The van der Waals surface area contributed by atoms with Gasteiger partial charge in [-0.15, -0.1) is 0 Å². The molecule has 1 saturated heterocycles. The van der Waals surface area contributed by atoms with Gasteiger partial charge in [0.2, 0.25) is 5.91 Å². The second-order valence-electron chi connectivity index (χ2n) is 5.27. The van der Waals surface area contributed by atoms with E-state index in [1.54, 1.807) is 4.68 Å². The maximum Gasteiger partial charge on any atom is 0.236 e. The molecule has 1 aromatic heterocycles. The molecular formula is C12H14N4O2. The average molecular weight is 246 g/mol. The number of aromatic nitrogens is 2. The predicted octanol–water partition coefficient (Wildman–Crippen LogP) is 0.816. The molecule has 0 bridgehead atoms. The zero-order valence-electron chi connectivity index (χ0n) is 10.6. The van der Waals surface area contributed by atoms with Crippen LogP contribution < -0.4 is 4.90 Å². The van der Waals surface area contributed by atoms with E-state index in [1.807, 2.05) is 26.8 Å². The van der Waals surface area contributed by atoms with Crippen molar-refractivity contribution in [2.24, 2.45) is 0 Å². The number of amides is 1. The van der Waals surface area contributed by atoms with Gasteiger partial charge in [-0.1, -0.05) is 0 Å². The number of ketones is 1. The Morgan fingerprint density at radius 3 is 2.50 bits per heavy atom. The Kier molecular flexibility index (Phi) is 2.70. The minimum Gasteiger partial charge on any atom is -0.297 e. The summed E-state index contributed by atoms with van der Waals surface area (Å²) in [5, 5.41) is 13.2. The van der Waals surface area contributed by atoms with Gasteiger partial charge in [0.25, 0.3) is 0 Å². The van der Waals surface area contributed by atoms with Crippen molar-refractivity contribution in [3.05, 3.63) is 11.8 Å². The van der Waals surface area contributed by atoms with E-state index >= 15 is 0 Å². The van der Waals surface area contributed by atoms with Crippen molar-refractivity contribution in [3.63, 3.8) is 0 Å². The number of Topliss-reactive ketones (excluding diaryl/α,β-unsaturated/α-hetero) is 1. The van der Waals surface area contributed by atoms with Crippen molar-refractivity contribution < 1.29 is 9.59 Å². The Bertz CT molecular complexity index is 560. The average Bonchev–Trinajstić information content (AvgIpc) is 2.79. The van der Waals surface area contributed by atoms with Crippen LogP contribution in [0, 0.1) is 11.3 Å². The van der Waals surface area contributed by atoms with E-state index in [1.165, 1.54) is 11.1 Å². The Morgan fingerprint density at radius 1 is 1.39 bits per heavy atom. The van der Waals surface area contributed by atoms with E-state index in [4.69, 9.17) is 5.26 Å². The molecule has 6 heteroatoms. The Labute approximate surface area is 105 Å². The molecule has 1 aromatic rings. The first-order valence-electron chi connectivity index (χ1n) is 5.65. The number of rotatable bonds is 1. The first-order chi connectivity index (χ1) is 8.34. The summed E-state index contributed by atoms with van der Waals surface area (Å²) in [6.07, 6.45) is 1.33. The molecule has 18 heavy (non-hydrogen) atoms. The minimum atomic E-state index is -0.365. The molecule has 0 spiro atoms. The molecule has 0 unspecified atom stereocenters. The van der Waals surface area contributed by atoms with Crippen LogP contribution in [0.2, 0.25) is 0 Å². The van der Waals surface area contributed by atoms with Gasteiger partial charge in [0.1, 0.15) is 11.6 Å². The summed E-state index contributed by atoms with van der Waals surface area (Å²) in [7, 11) is 0. The summed E-state index contributed by atoms with van der Waals surface area (Å²) in [5.41, 5.74) is -0.0518. The molecule has 1 aliphatic rings. The van der Waals surface area contributed by atoms with Crippen molar-refractivity contribution in [1.82, 2.24) is 9.78 Å². The van der Waals surface area contributed by atoms with Crippen LogP contribution in [0.4, 0.5) is 5.82 Å². The Balaban J connectivity index is 2.56. The third kappa shape index (κ3) is 1.88. The maximum atomic E-state index is 11.8. The van der Waals surface area contributed by atoms with Gasteiger partial charge in [-0.3, -0.25) is 14.5 Å². The monoisotopic (exact) mass is 246 g/mol. The van der Waals surface area contributed by atoms with E-state index < -0.39 is 0 Å². The summed E-state index contributed by atoms with van der Waals surface area (Å²) >= 11 is 0. The first kappa shape index (κ1) is 12.3. The van der Waals surface area contributed by atoms with Gasteiger partial charge >= 0.3 is 0 Å². The van der Waals surface area contributed by atoms with E-state index in [0.717, 1.165) is 0 Å². The van der Waals surface area contributed by atoms with Gasteiger partial charge in [-0.25, -0.2) is 4.68 Å². The number of carbonyl (C=O) groups is 2. The van der Waals surface area contributed by atoms with Gasteiger partial charge in [-0.2, -0.15) is 10.4 Å². The number of hydrogen-bond acceptors (Lipinski definition) is 4. The first-order valence-corrected chi connectivity index (χ1v) is 5.65. The van der Waals surface area contributed by atoms with Gasteiger partial charge < -0.3 is 0 Å². The lowest BCUT2D eigenvalue weighted by molar-refractivity contribution is -0.121. The maximum absolute atomic E-state index is 11.8. The lowest BCUT2D eigenvalue weighted by atomic mass is 10.1. The predicted molar refractivity (Wildman–Crippen MR) is 63.9 cm³/mol. The molecular weight excluding hydrogens is 232 g/mol. The molecule has 0 radical (unpaired) electrons. The normalized spacial score (nSPS) is 16.2. The fourth-order valence-electron chi connectivity index (χ4n) is 1.95. The highest BCUT2D eigenvalue weighted by Crippen LogP contribution is 2.29. The lowest BCUT2D eigenvalue weighted by Gasteiger charge is -2.26. The van der Waals surface area contributed by atoms with Crippen LogP contribution in [-0.4, -0.2) is 28.0 Å². The highest BCUT2D eigenvalue weighted by molar-refractivity contribution is 6.15. The van der Waals surface area contributed by atoms with E-state index in [0.29, 0.717) is 11.4 Å². The topological polar surface area (TPSA) is 79.0 Å². The molecule has 0 saturated carbocycles. The molecule has 0 N–H and O–H groups in total. The largest absolute Gasteiger partial charge is 0.297 e. The van der Waals surface area contributed by atoms with E-state index in [-0.39, 0.29) is 30.2 Å². The van der Waals surface area contributed by atoms with Gasteiger partial charge in [-0.05, 0) is 20.8 Å². The quantitative estimate of drug-likeness (QED) is 0.687. The minimum absolute atomic E-state index is 0.0231. The van der Waals surface area contributed by atoms with Crippen LogP contribution in [-0.2, 0) is 15.1 Å². The molecule has 2 rings (SSSR count). The number of nitriles is 1. The summed E-state index contributed by atoms with van der Waals surface area (Å²) in [6.45, 7) is 5.79. The molecule has 1 fully saturated rings. The van der Waals surface area contributed by atoms with Gasteiger partial charge in [0, 0.05) is 0 Å². The molecule has 0 aromatic carbocycles. The summed E-state index contributed by atoms with van der Waals surface area (Å²) < 4.78 is 1.61. The van der Waals surface area contributed by atoms with Crippen LogP contribution in [0.5, 0.6) is 0 Å². The molecule has 1 amide bonds. The molecule has 6 nitrogen and oxygen atoms in total. The number of carbonyl (C=O) groups excluding carboxylic acids is 2. The van der Waals surface area contributed by atoms with Crippen LogP contribution in [0.25, 0.3) is 0 Å². The third-order valence-electron chi connectivity index (χ3n) is 2.74. The Morgan fingerprint density at radius 2 is 2.06 bits per heavy atom. The van der Waals surface area contributed by atoms with Crippen molar-refractivity contribution in [2.75, 3.05) is 11.4 Å². The summed E-state index contributed by atoms with van der Waals surface area (Å²) in [4.78, 5) is 24.5. The Hall–Kier alpha value is -2.16. The second kappa shape index (κ2) is 3.95. The smallest absolute Gasteiger partial charge is 0.236 e. The van der Waals surface area contributed by atoms with Crippen LogP contribution in [0.3, 0.4) is 0 Å². The van der Waals surface area contributed by atoms with Crippen molar-refractivity contribution in [3.8, 4) is 6.07 Å². The molecule has 2 heterocycles. The second-order valence-corrected chi connectivity index (χ2v) is 5.27. The van der Waals surface area contributed by atoms with Crippen LogP contribution >= 0.6 is 0 Å². The molecule has 0 atom stereocenters. The lowest BCUT2D eigenvalue weighted by Crippen LogP contribution is -2.33. The van der Waals surface area contributed by atoms with Gasteiger partial charge in [0.15, 0.2) is 11.6 Å². The third-order valence-corrected chi connectivity index (χ3v) is 2.74. The fourth-order valence-corrected chi connectivity index (χ4v) is 1.95. The SMILES string of the molecule is CC(C)(C)n1ncc(C#N)c1N1CC(=O)CC1=O. The molecule has 1 aliphatic heterocycles. The fraction of sp³-hybridized carbons (Fsp3) is 0.500. The number of anilines is 1. The number of nitrogens with zero attached hydrogens (tertiary/aromatic N) is 4. The number of hydrogen-bond donors (Lipinski definition) is 0. The molecule has 0 aliphatic carbocycles. The zero-order chi connectivity index (χ0) is 13.5. The summed E-state index contributed by atoms with van der Waals surface area (Å²) in [6, 6.07) is 2.01. The van der Waals surface area contributed by atoms with Crippen molar-refractivity contribution >= 4 is 17.5 Å². The highest BCUT2D eigenvalue weighted by atomic mass is 16.2. The van der Waals surface area contributed by atoms with Gasteiger partial charge in [0.05, 0.1) is 24.7 Å². The standard InChI is InChI=1S/C12H14N4O2/c1-12(2,3)16-11(8(5-13)6-14-16)15-7-9(17)4-10(15)18/h6H,4,7H2,1-3H3. The summed E-state index contributed by atoms with van der Waals surface area (Å²) in [5.74, 6) is 0.00824.